The summed E-state index contributed by atoms with van der Waals surface area (Å²) in [6, 6.07) is 14.8. The summed E-state index contributed by atoms with van der Waals surface area (Å²) >= 11 is 0. The number of hydrogen-bond acceptors (Lipinski definition) is 3. The van der Waals surface area contributed by atoms with Gasteiger partial charge in [0.15, 0.2) is 9.84 Å². The third-order valence-electron chi connectivity index (χ3n) is 4.02. The Kier molecular flexibility index (Phi) is 3.49. The van der Waals surface area contributed by atoms with Crippen LogP contribution in [0.1, 0.15) is 23.5 Å². The Labute approximate surface area is 125 Å². The molecule has 110 valence electrons. The lowest BCUT2D eigenvalue weighted by Crippen LogP contribution is -2.09. The van der Waals surface area contributed by atoms with E-state index in [9.17, 15) is 8.42 Å². The lowest BCUT2D eigenvalue weighted by atomic mass is 10.1. The summed E-state index contributed by atoms with van der Waals surface area (Å²) in [6.07, 6.45) is 0.697. The Morgan fingerprint density at radius 2 is 1.62 bits per heavy atom. The van der Waals surface area contributed by atoms with E-state index in [0.717, 1.165) is 16.9 Å². The van der Waals surface area contributed by atoms with E-state index in [1.807, 2.05) is 43.3 Å². The Morgan fingerprint density at radius 1 is 1.00 bits per heavy atom. The molecule has 0 spiro atoms. The first-order valence-electron chi connectivity index (χ1n) is 6.97. The molecule has 1 fully saturated rings. The minimum atomic E-state index is -3.23. The van der Waals surface area contributed by atoms with Gasteiger partial charge in [-0.2, -0.15) is 0 Å². The number of methoxy groups -OCH3 is 1. The number of rotatable bonds is 4. The van der Waals surface area contributed by atoms with E-state index < -0.39 is 9.84 Å². The maximum Gasteiger partial charge on any atom is 0.181 e. The lowest BCUT2D eigenvalue weighted by molar-refractivity contribution is 0.414. The molecule has 1 saturated carbocycles. The van der Waals surface area contributed by atoms with Gasteiger partial charge < -0.3 is 4.74 Å². The van der Waals surface area contributed by atoms with Gasteiger partial charge in [0, 0.05) is 5.92 Å². The summed E-state index contributed by atoms with van der Waals surface area (Å²) in [5.41, 5.74) is 2.13. The average Bonchev–Trinajstić information content (AvgIpc) is 3.29. The predicted molar refractivity (Wildman–Crippen MR) is 82.5 cm³/mol. The molecule has 1 aliphatic carbocycles. The van der Waals surface area contributed by atoms with Gasteiger partial charge in [-0.3, -0.25) is 0 Å². The lowest BCUT2D eigenvalue weighted by Gasteiger charge is -2.05. The molecule has 0 radical (unpaired) electrons. The zero-order chi connectivity index (χ0) is 15.0. The van der Waals surface area contributed by atoms with Gasteiger partial charge in [-0.25, -0.2) is 8.42 Å². The van der Waals surface area contributed by atoms with Crippen molar-refractivity contribution in [1.29, 1.82) is 0 Å². The third kappa shape index (κ3) is 2.68. The van der Waals surface area contributed by atoms with E-state index >= 15 is 0 Å². The van der Waals surface area contributed by atoms with Gasteiger partial charge in [-0.1, -0.05) is 29.8 Å². The number of sulfone groups is 1. The molecule has 0 amide bonds. The molecule has 2 aromatic rings. The van der Waals surface area contributed by atoms with Crippen molar-refractivity contribution < 1.29 is 13.2 Å². The molecule has 3 nitrogen and oxygen atoms in total. The van der Waals surface area contributed by atoms with Gasteiger partial charge in [0.1, 0.15) is 5.75 Å². The zero-order valence-electron chi connectivity index (χ0n) is 12.1. The molecular formula is C17H18O3S. The summed E-state index contributed by atoms with van der Waals surface area (Å²) in [5.74, 6) is 0.888. The molecule has 4 heteroatoms. The highest BCUT2D eigenvalue weighted by Crippen LogP contribution is 2.48. The van der Waals surface area contributed by atoms with Gasteiger partial charge in [-0.15, -0.1) is 0 Å². The molecule has 0 aliphatic heterocycles. The van der Waals surface area contributed by atoms with Crippen molar-refractivity contribution >= 4 is 9.84 Å². The molecular weight excluding hydrogens is 284 g/mol. The quantitative estimate of drug-likeness (QED) is 0.870. The molecule has 3 rings (SSSR count). The molecule has 21 heavy (non-hydrogen) atoms. The zero-order valence-corrected chi connectivity index (χ0v) is 12.9. The second-order valence-corrected chi connectivity index (χ2v) is 7.68. The SMILES string of the molecule is COc1ccc(C2CC2S(=O)(=O)c2ccc(C)cc2)cc1. The van der Waals surface area contributed by atoms with Crippen LogP contribution in [0.5, 0.6) is 5.75 Å². The van der Waals surface area contributed by atoms with Gasteiger partial charge in [0.2, 0.25) is 0 Å². The summed E-state index contributed by atoms with van der Waals surface area (Å²) in [6.45, 7) is 1.95. The van der Waals surface area contributed by atoms with Crippen LogP contribution in [0.4, 0.5) is 0 Å². The van der Waals surface area contributed by atoms with Crippen molar-refractivity contribution in [2.75, 3.05) is 7.11 Å². The van der Waals surface area contributed by atoms with Crippen LogP contribution in [0, 0.1) is 6.92 Å². The number of ether oxygens (including phenoxy) is 1. The standard InChI is InChI=1S/C17H18O3S/c1-12-3-9-15(10-4-12)21(18,19)17-11-16(17)13-5-7-14(20-2)8-6-13/h3-10,16-17H,11H2,1-2H3. The van der Waals surface area contributed by atoms with Gasteiger partial charge in [0.25, 0.3) is 0 Å². The maximum atomic E-state index is 12.6. The molecule has 0 N–H and O–H groups in total. The Balaban J connectivity index is 1.81. The van der Waals surface area contributed by atoms with E-state index in [1.54, 1.807) is 19.2 Å². The highest BCUT2D eigenvalue weighted by atomic mass is 32.2. The molecule has 2 unspecified atom stereocenters. The van der Waals surface area contributed by atoms with E-state index in [4.69, 9.17) is 4.74 Å². The van der Waals surface area contributed by atoms with Crippen molar-refractivity contribution in [2.24, 2.45) is 0 Å². The normalized spacial score (nSPS) is 21.0. The largest absolute Gasteiger partial charge is 0.497 e. The van der Waals surface area contributed by atoms with E-state index in [1.165, 1.54) is 0 Å². The molecule has 2 aromatic carbocycles. The van der Waals surface area contributed by atoms with E-state index in [2.05, 4.69) is 0 Å². The van der Waals surface area contributed by atoms with Gasteiger partial charge in [-0.05, 0) is 43.2 Å². The summed E-state index contributed by atoms with van der Waals surface area (Å²) in [5, 5.41) is -0.298. The monoisotopic (exact) mass is 302 g/mol. The molecule has 0 heterocycles. The van der Waals surface area contributed by atoms with Crippen molar-refractivity contribution in [3.63, 3.8) is 0 Å². The van der Waals surface area contributed by atoms with Crippen molar-refractivity contribution in [1.82, 2.24) is 0 Å². The van der Waals surface area contributed by atoms with Crippen LogP contribution in [0.15, 0.2) is 53.4 Å². The summed E-state index contributed by atoms with van der Waals surface area (Å²) < 4.78 is 30.3. The highest BCUT2D eigenvalue weighted by molar-refractivity contribution is 7.92. The van der Waals surface area contributed by atoms with Crippen LogP contribution < -0.4 is 4.74 Å². The summed E-state index contributed by atoms with van der Waals surface area (Å²) in [4.78, 5) is 0.425. The summed E-state index contributed by atoms with van der Waals surface area (Å²) in [7, 11) is -1.60. The fraction of sp³-hybridized carbons (Fsp3) is 0.294. The first-order chi connectivity index (χ1) is 10.0. The highest BCUT2D eigenvalue weighted by Gasteiger charge is 2.48. The van der Waals surface area contributed by atoms with Crippen LogP contribution >= 0.6 is 0 Å². The minimum absolute atomic E-state index is 0.0993. The second kappa shape index (κ2) is 5.19. The number of hydrogen-bond donors (Lipinski definition) is 0. The molecule has 0 saturated heterocycles. The maximum absolute atomic E-state index is 12.6. The van der Waals surface area contributed by atoms with Crippen LogP contribution in [0.25, 0.3) is 0 Å². The van der Waals surface area contributed by atoms with Crippen LogP contribution in [0.2, 0.25) is 0 Å². The average molecular weight is 302 g/mol. The molecule has 2 atom stereocenters. The first kappa shape index (κ1) is 14.1. The Morgan fingerprint density at radius 3 is 2.19 bits per heavy atom. The second-order valence-electron chi connectivity index (χ2n) is 5.51. The topological polar surface area (TPSA) is 43.4 Å². The molecule has 0 bridgehead atoms. The molecule has 0 aromatic heterocycles. The fourth-order valence-corrected chi connectivity index (χ4v) is 4.53. The Hall–Kier alpha value is -1.81. The first-order valence-corrected chi connectivity index (χ1v) is 8.51. The van der Waals surface area contributed by atoms with E-state index in [-0.39, 0.29) is 11.2 Å². The smallest absolute Gasteiger partial charge is 0.181 e. The van der Waals surface area contributed by atoms with Crippen LogP contribution in [0.3, 0.4) is 0 Å². The van der Waals surface area contributed by atoms with Crippen molar-refractivity contribution in [3.05, 3.63) is 59.7 Å². The van der Waals surface area contributed by atoms with Gasteiger partial charge >= 0.3 is 0 Å². The van der Waals surface area contributed by atoms with Crippen LogP contribution in [-0.4, -0.2) is 20.8 Å². The van der Waals surface area contributed by atoms with Crippen molar-refractivity contribution in [2.45, 2.75) is 29.4 Å². The Bertz CT molecular complexity index is 731. The van der Waals surface area contributed by atoms with Crippen LogP contribution in [-0.2, 0) is 9.84 Å². The third-order valence-corrected chi connectivity index (χ3v) is 6.27. The van der Waals surface area contributed by atoms with Crippen molar-refractivity contribution in [3.8, 4) is 5.75 Å². The number of aryl methyl sites for hydroxylation is 1. The van der Waals surface area contributed by atoms with Gasteiger partial charge in [0.05, 0.1) is 17.3 Å². The minimum Gasteiger partial charge on any atom is -0.497 e. The number of benzene rings is 2. The predicted octanol–water partition coefficient (Wildman–Crippen LogP) is 3.33. The fourth-order valence-electron chi connectivity index (χ4n) is 2.62. The molecule has 1 aliphatic rings. The van der Waals surface area contributed by atoms with E-state index in [0.29, 0.717) is 11.3 Å².